The number of nitrogens with zero attached hydrogens (tertiary/aromatic N) is 1. The van der Waals surface area contributed by atoms with E-state index < -0.39 is 0 Å². The third-order valence-electron chi connectivity index (χ3n) is 2.70. The Kier molecular flexibility index (Phi) is 5.21. The maximum Gasteiger partial charge on any atom is 0.238 e. The van der Waals surface area contributed by atoms with Crippen LogP contribution in [0.4, 0.5) is 0 Å². The quantitative estimate of drug-likeness (QED) is 0.882. The number of halogens is 1. The van der Waals surface area contributed by atoms with Crippen molar-refractivity contribution in [1.29, 1.82) is 0 Å². The fourth-order valence-corrected chi connectivity index (χ4v) is 1.91. The summed E-state index contributed by atoms with van der Waals surface area (Å²) in [7, 11) is 1.61. The molecule has 106 valence electrons. The summed E-state index contributed by atoms with van der Waals surface area (Å²) in [6, 6.07) is 9.16. The Morgan fingerprint density at radius 1 is 1.25 bits per heavy atom. The Hall–Kier alpha value is -1.78. The van der Waals surface area contributed by atoms with Gasteiger partial charge >= 0.3 is 0 Å². The SMILES string of the molecule is CCNCc1cnc(Oc2cccc(OC)c2)c(Cl)c1. The number of hydrogen-bond donors (Lipinski definition) is 1. The molecule has 1 aromatic heterocycles. The molecule has 1 heterocycles. The van der Waals surface area contributed by atoms with Gasteiger partial charge in [-0.05, 0) is 30.3 Å². The van der Waals surface area contributed by atoms with Crippen molar-refractivity contribution in [2.75, 3.05) is 13.7 Å². The second-order valence-electron chi connectivity index (χ2n) is 4.19. The van der Waals surface area contributed by atoms with Gasteiger partial charge < -0.3 is 14.8 Å². The Morgan fingerprint density at radius 2 is 2.05 bits per heavy atom. The molecule has 0 atom stereocenters. The van der Waals surface area contributed by atoms with Crippen LogP contribution in [-0.2, 0) is 6.54 Å². The summed E-state index contributed by atoms with van der Waals surface area (Å²) in [6.07, 6.45) is 1.75. The number of pyridine rings is 1. The molecule has 0 amide bonds. The molecule has 1 N–H and O–H groups in total. The maximum atomic E-state index is 6.19. The molecule has 0 unspecified atom stereocenters. The molecule has 0 aliphatic heterocycles. The van der Waals surface area contributed by atoms with Crippen LogP contribution in [0, 0.1) is 0 Å². The lowest BCUT2D eigenvalue weighted by Crippen LogP contribution is -2.11. The molecule has 0 saturated heterocycles. The highest BCUT2D eigenvalue weighted by atomic mass is 35.5. The number of aromatic nitrogens is 1. The second-order valence-corrected chi connectivity index (χ2v) is 4.60. The van der Waals surface area contributed by atoms with Gasteiger partial charge in [0.25, 0.3) is 0 Å². The van der Waals surface area contributed by atoms with Gasteiger partial charge in [0.2, 0.25) is 5.88 Å². The van der Waals surface area contributed by atoms with Gasteiger partial charge in [-0.25, -0.2) is 4.98 Å². The van der Waals surface area contributed by atoms with Crippen LogP contribution in [0.2, 0.25) is 5.02 Å². The Balaban J connectivity index is 2.12. The first-order chi connectivity index (χ1) is 9.72. The van der Waals surface area contributed by atoms with Crippen molar-refractivity contribution < 1.29 is 9.47 Å². The smallest absolute Gasteiger partial charge is 0.238 e. The normalized spacial score (nSPS) is 10.3. The van der Waals surface area contributed by atoms with Crippen molar-refractivity contribution in [2.24, 2.45) is 0 Å². The van der Waals surface area contributed by atoms with E-state index in [1.807, 2.05) is 24.3 Å². The van der Waals surface area contributed by atoms with Gasteiger partial charge in [-0.2, -0.15) is 0 Å². The molecule has 0 radical (unpaired) electrons. The fraction of sp³-hybridized carbons (Fsp3) is 0.267. The van der Waals surface area contributed by atoms with Crippen molar-refractivity contribution in [3.05, 3.63) is 47.1 Å². The lowest BCUT2D eigenvalue weighted by Gasteiger charge is -2.09. The third-order valence-corrected chi connectivity index (χ3v) is 2.97. The molecule has 0 saturated carbocycles. The zero-order valence-electron chi connectivity index (χ0n) is 11.5. The molecule has 0 aliphatic rings. The predicted molar refractivity (Wildman–Crippen MR) is 79.7 cm³/mol. The Labute approximate surface area is 123 Å². The van der Waals surface area contributed by atoms with Crippen molar-refractivity contribution >= 4 is 11.6 Å². The summed E-state index contributed by atoms with van der Waals surface area (Å²) >= 11 is 6.19. The predicted octanol–water partition coefficient (Wildman–Crippen LogP) is 3.65. The van der Waals surface area contributed by atoms with Gasteiger partial charge in [-0.3, -0.25) is 0 Å². The molecule has 0 aliphatic carbocycles. The maximum absolute atomic E-state index is 6.19. The number of rotatable bonds is 6. The van der Waals surface area contributed by atoms with Gasteiger partial charge in [0.05, 0.1) is 7.11 Å². The van der Waals surface area contributed by atoms with E-state index in [9.17, 15) is 0 Å². The standard InChI is InChI=1S/C15H17ClN2O2/c1-3-17-9-11-7-14(16)15(18-10-11)20-13-6-4-5-12(8-13)19-2/h4-8,10,17H,3,9H2,1-2H3. The van der Waals surface area contributed by atoms with Gasteiger partial charge in [0, 0.05) is 18.8 Å². The van der Waals surface area contributed by atoms with Gasteiger partial charge in [0.1, 0.15) is 16.5 Å². The number of nitrogens with one attached hydrogen (secondary N) is 1. The van der Waals surface area contributed by atoms with Crippen LogP contribution in [0.3, 0.4) is 0 Å². The van der Waals surface area contributed by atoms with Crippen LogP contribution < -0.4 is 14.8 Å². The van der Waals surface area contributed by atoms with Gasteiger partial charge in [0.15, 0.2) is 0 Å². The van der Waals surface area contributed by atoms with Gasteiger partial charge in [-0.1, -0.05) is 24.6 Å². The Bertz CT molecular complexity index is 576. The molecule has 20 heavy (non-hydrogen) atoms. The average Bonchev–Trinajstić information content (AvgIpc) is 2.48. The van der Waals surface area contributed by atoms with Crippen LogP contribution in [0.25, 0.3) is 0 Å². The fourth-order valence-electron chi connectivity index (χ4n) is 1.68. The topological polar surface area (TPSA) is 43.4 Å². The average molecular weight is 293 g/mol. The van der Waals surface area contributed by atoms with Crippen molar-refractivity contribution in [3.8, 4) is 17.4 Å². The van der Waals surface area contributed by atoms with Crippen LogP contribution in [0.15, 0.2) is 36.5 Å². The first kappa shape index (κ1) is 14.6. The minimum absolute atomic E-state index is 0.389. The van der Waals surface area contributed by atoms with Crippen LogP contribution in [0.1, 0.15) is 12.5 Å². The van der Waals surface area contributed by atoms with E-state index in [-0.39, 0.29) is 0 Å². The third kappa shape index (κ3) is 3.85. The van der Waals surface area contributed by atoms with Crippen LogP contribution in [-0.4, -0.2) is 18.6 Å². The molecule has 0 bridgehead atoms. The molecular weight excluding hydrogens is 276 g/mol. The largest absolute Gasteiger partial charge is 0.497 e. The molecule has 5 heteroatoms. The lowest BCUT2D eigenvalue weighted by molar-refractivity contribution is 0.407. The van der Waals surface area contributed by atoms with Crippen molar-refractivity contribution in [2.45, 2.75) is 13.5 Å². The zero-order chi connectivity index (χ0) is 14.4. The highest BCUT2D eigenvalue weighted by molar-refractivity contribution is 6.31. The number of methoxy groups -OCH3 is 1. The molecule has 2 aromatic rings. The first-order valence-electron chi connectivity index (χ1n) is 6.40. The van der Waals surface area contributed by atoms with E-state index in [0.717, 1.165) is 24.4 Å². The lowest BCUT2D eigenvalue weighted by atomic mass is 10.3. The highest BCUT2D eigenvalue weighted by Gasteiger charge is 2.07. The number of benzene rings is 1. The first-order valence-corrected chi connectivity index (χ1v) is 6.77. The van der Waals surface area contributed by atoms with E-state index in [1.165, 1.54) is 0 Å². The summed E-state index contributed by atoms with van der Waals surface area (Å²) in [5, 5.41) is 3.71. The highest BCUT2D eigenvalue weighted by Crippen LogP contribution is 2.29. The number of ether oxygens (including phenoxy) is 2. The molecular formula is C15H17ClN2O2. The van der Waals surface area contributed by atoms with Crippen LogP contribution >= 0.6 is 11.6 Å². The summed E-state index contributed by atoms with van der Waals surface area (Å²) < 4.78 is 10.8. The minimum atomic E-state index is 0.389. The molecule has 0 fully saturated rings. The zero-order valence-corrected chi connectivity index (χ0v) is 12.3. The van der Waals surface area contributed by atoms with E-state index in [0.29, 0.717) is 16.7 Å². The number of hydrogen-bond acceptors (Lipinski definition) is 4. The summed E-state index contributed by atoms with van der Waals surface area (Å²) in [5.74, 6) is 1.75. The van der Waals surface area contributed by atoms with E-state index in [4.69, 9.17) is 21.1 Å². The van der Waals surface area contributed by atoms with Gasteiger partial charge in [-0.15, -0.1) is 0 Å². The minimum Gasteiger partial charge on any atom is -0.497 e. The Morgan fingerprint density at radius 3 is 2.75 bits per heavy atom. The van der Waals surface area contributed by atoms with Crippen molar-refractivity contribution in [1.82, 2.24) is 10.3 Å². The van der Waals surface area contributed by atoms with Crippen LogP contribution in [0.5, 0.6) is 17.4 Å². The molecule has 1 aromatic carbocycles. The second kappa shape index (κ2) is 7.12. The molecule has 0 spiro atoms. The van der Waals surface area contributed by atoms with Crippen molar-refractivity contribution in [3.63, 3.8) is 0 Å². The monoisotopic (exact) mass is 292 g/mol. The van der Waals surface area contributed by atoms with E-state index >= 15 is 0 Å². The molecule has 4 nitrogen and oxygen atoms in total. The summed E-state index contributed by atoms with van der Waals surface area (Å²) in [6.45, 7) is 3.69. The van der Waals surface area contributed by atoms with E-state index in [1.54, 1.807) is 19.4 Å². The summed E-state index contributed by atoms with van der Waals surface area (Å²) in [5.41, 5.74) is 1.02. The molecule has 2 rings (SSSR count). The summed E-state index contributed by atoms with van der Waals surface area (Å²) in [4.78, 5) is 4.25. The van der Waals surface area contributed by atoms with E-state index in [2.05, 4.69) is 17.2 Å².